The van der Waals surface area contributed by atoms with Crippen molar-refractivity contribution in [1.29, 1.82) is 0 Å². The van der Waals surface area contributed by atoms with E-state index in [2.05, 4.69) is 10.6 Å². The van der Waals surface area contributed by atoms with E-state index in [1.807, 2.05) is 24.5 Å². The molecule has 1 heterocycles. The van der Waals surface area contributed by atoms with Crippen molar-refractivity contribution in [2.45, 2.75) is 49.0 Å². The molecule has 1 aliphatic heterocycles. The number of thioether (sulfide) groups is 1. The molecule has 0 atom stereocenters. The van der Waals surface area contributed by atoms with E-state index in [0.717, 1.165) is 35.5 Å². The molecule has 2 aliphatic rings. The van der Waals surface area contributed by atoms with Crippen molar-refractivity contribution in [3.63, 3.8) is 0 Å². The van der Waals surface area contributed by atoms with E-state index >= 15 is 0 Å². The van der Waals surface area contributed by atoms with Crippen molar-refractivity contribution in [3.8, 4) is 0 Å². The molecule has 1 saturated heterocycles. The van der Waals surface area contributed by atoms with Crippen LogP contribution in [0, 0.1) is 0 Å². The van der Waals surface area contributed by atoms with Crippen LogP contribution in [-0.2, 0) is 9.59 Å². The van der Waals surface area contributed by atoms with E-state index in [1.165, 1.54) is 0 Å². The van der Waals surface area contributed by atoms with Crippen LogP contribution in [0.25, 0.3) is 0 Å². The number of hydrogen-bond acceptors (Lipinski definition) is 4. The quantitative estimate of drug-likeness (QED) is 0.638. The second-order valence-corrected chi connectivity index (χ2v) is 7.48. The van der Waals surface area contributed by atoms with Crippen LogP contribution in [0.15, 0.2) is 29.2 Å². The molecular weight excluding hydrogens is 338 g/mol. The number of benzene rings is 1. The van der Waals surface area contributed by atoms with Crippen LogP contribution in [0.4, 0.5) is 10.5 Å². The number of hydrogen-bond donors (Lipinski definition) is 2. The molecule has 1 aromatic rings. The van der Waals surface area contributed by atoms with E-state index in [4.69, 9.17) is 0 Å². The van der Waals surface area contributed by atoms with E-state index in [-0.39, 0.29) is 18.4 Å². The highest BCUT2D eigenvalue weighted by molar-refractivity contribution is 7.98. The summed E-state index contributed by atoms with van der Waals surface area (Å²) in [7, 11) is 0. The smallest absolute Gasteiger partial charge is 0.324 e. The molecule has 7 heteroatoms. The largest absolute Gasteiger partial charge is 0.325 e. The lowest BCUT2D eigenvalue weighted by Crippen LogP contribution is -2.47. The van der Waals surface area contributed by atoms with Gasteiger partial charge in [-0.1, -0.05) is 31.7 Å². The Labute approximate surface area is 151 Å². The molecule has 1 spiro atoms. The van der Waals surface area contributed by atoms with Gasteiger partial charge in [-0.15, -0.1) is 11.8 Å². The fourth-order valence-electron chi connectivity index (χ4n) is 3.54. The monoisotopic (exact) mass is 361 g/mol. The highest BCUT2D eigenvalue weighted by Crippen LogP contribution is 2.32. The number of imide groups is 1. The van der Waals surface area contributed by atoms with Crippen molar-refractivity contribution < 1.29 is 14.4 Å². The lowest BCUT2D eigenvalue weighted by atomic mass is 9.90. The zero-order valence-corrected chi connectivity index (χ0v) is 15.2. The first-order chi connectivity index (χ1) is 12.0. The van der Waals surface area contributed by atoms with Gasteiger partial charge >= 0.3 is 6.03 Å². The molecule has 2 fully saturated rings. The van der Waals surface area contributed by atoms with E-state index in [0.29, 0.717) is 18.5 Å². The number of amides is 4. The summed E-state index contributed by atoms with van der Waals surface area (Å²) in [5, 5.41) is 5.61. The van der Waals surface area contributed by atoms with Crippen molar-refractivity contribution in [3.05, 3.63) is 24.3 Å². The minimum atomic E-state index is -0.799. The van der Waals surface area contributed by atoms with Crippen LogP contribution < -0.4 is 10.6 Å². The van der Waals surface area contributed by atoms with Gasteiger partial charge in [0.15, 0.2) is 0 Å². The SMILES string of the molecule is CSc1cccc(NC(=O)CN2C(=O)NC3(CCCCCC3)C2=O)c1. The Balaban J connectivity index is 1.66. The van der Waals surface area contributed by atoms with Gasteiger partial charge in [-0.2, -0.15) is 0 Å². The molecule has 6 nitrogen and oxygen atoms in total. The molecule has 3 rings (SSSR count). The maximum Gasteiger partial charge on any atom is 0.325 e. The van der Waals surface area contributed by atoms with Gasteiger partial charge < -0.3 is 10.6 Å². The molecule has 1 aromatic carbocycles. The molecule has 0 bridgehead atoms. The summed E-state index contributed by atoms with van der Waals surface area (Å²) in [4.78, 5) is 39.5. The number of nitrogens with zero attached hydrogens (tertiary/aromatic N) is 1. The molecule has 2 N–H and O–H groups in total. The molecule has 1 aliphatic carbocycles. The highest BCUT2D eigenvalue weighted by Gasteiger charge is 2.51. The molecule has 0 unspecified atom stereocenters. The van der Waals surface area contributed by atoms with Crippen LogP contribution in [0.2, 0.25) is 0 Å². The molecule has 0 aromatic heterocycles. The fourth-order valence-corrected chi connectivity index (χ4v) is 4.00. The van der Waals surface area contributed by atoms with Crippen LogP contribution in [0.5, 0.6) is 0 Å². The second-order valence-electron chi connectivity index (χ2n) is 6.60. The average molecular weight is 361 g/mol. The third kappa shape index (κ3) is 3.81. The summed E-state index contributed by atoms with van der Waals surface area (Å²) in [6.45, 7) is -0.254. The van der Waals surface area contributed by atoms with Gasteiger partial charge in [0.25, 0.3) is 5.91 Å². The lowest BCUT2D eigenvalue weighted by Gasteiger charge is -2.24. The molecule has 0 radical (unpaired) electrons. The van der Waals surface area contributed by atoms with Crippen molar-refractivity contribution in [1.82, 2.24) is 10.2 Å². The fraction of sp³-hybridized carbons (Fsp3) is 0.500. The van der Waals surface area contributed by atoms with Crippen molar-refractivity contribution in [2.75, 3.05) is 18.1 Å². The van der Waals surface area contributed by atoms with Crippen molar-refractivity contribution >= 4 is 35.3 Å². The number of carbonyl (C=O) groups excluding carboxylic acids is 3. The molecule has 134 valence electrons. The number of anilines is 1. The number of rotatable bonds is 4. The second kappa shape index (κ2) is 7.47. The first kappa shape index (κ1) is 17.8. The summed E-state index contributed by atoms with van der Waals surface area (Å²) in [6, 6.07) is 7.00. The van der Waals surface area contributed by atoms with E-state index in [9.17, 15) is 14.4 Å². The Bertz CT molecular complexity index is 684. The third-order valence-corrected chi connectivity index (χ3v) is 5.58. The number of nitrogens with one attached hydrogen (secondary N) is 2. The number of urea groups is 1. The van der Waals surface area contributed by atoms with Crippen LogP contribution in [-0.4, -0.2) is 41.1 Å². The minimum absolute atomic E-state index is 0.254. The van der Waals surface area contributed by atoms with E-state index < -0.39 is 11.6 Å². The maximum absolute atomic E-state index is 12.8. The van der Waals surface area contributed by atoms with Crippen LogP contribution in [0.3, 0.4) is 0 Å². The molecular formula is C18H23N3O3S. The van der Waals surface area contributed by atoms with Gasteiger partial charge in [0.2, 0.25) is 5.91 Å². The Morgan fingerprint density at radius 1 is 1.24 bits per heavy atom. The predicted molar refractivity (Wildman–Crippen MR) is 97.5 cm³/mol. The topological polar surface area (TPSA) is 78.5 Å². The zero-order chi connectivity index (χ0) is 17.9. The Hall–Kier alpha value is -2.02. The predicted octanol–water partition coefficient (Wildman–Crippen LogP) is 2.99. The molecule has 1 saturated carbocycles. The Kier molecular flexibility index (Phi) is 5.32. The summed E-state index contributed by atoms with van der Waals surface area (Å²) in [5.74, 6) is -0.625. The van der Waals surface area contributed by atoms with Crippen molar-refractivity contribution in [2.24, 2.45) is 0 Å². The highest BCUT2D eigenvalue weighted by atomic mass is 32.2. The summed E-state index contributed by atoms with van der Waals surface area (Å²) >= 11 is 1.58. The van der Waals surface area contributed by atoms with Gasteiger partial charge in [-0.25, -0.2) is 4.79 Å². The third-order valence-electron chi connectivity index (χ3n) is 4.86. The zero-order valence-electron chi connectivity index (χ0n) is 14.3. The normalized spacial score (nSPS) is 19.6. The first-order valence-electron chi connectivity index (χ1n) is 8.62. The van der Waals surface area contributed by atoms with Gasteiger partial charge in [0.05, 0.1) is 0 Å². The van der Waals surface area contributed by atoms with Gasteiger partial charge in [-0.3, -0.25) is 14.5 Å². The number of carbonyl (C=O) groups is 3. The average Bonchev–Trinajstić information content (AvgIpc) is 2.77. The molecule has 25 heavy (non-hydrogen) atoms. The molecule has 4 amide bonds. The Morgan fingerprint density at radius 3 is 2.64 bits per heavy atom. The van der Waals surface area contributed by atoms with Crippen LogP contribution in [0.1, 0.15) is 38.5 Å². The Morgan fingerprint density at radius 2 is 1.96 bits per heavy atom. The van der Waals surface area contributed by atoms with Gasteiger partial charge in [0.1, 0.15) is 12.1 Å². The van der Waals surface area contributed by atoms with E-state index in [1.54, 1.807) is 17.8 Å². The maximum atomic E-state index is 12.8. The summed E-state index contributed by atoms with van der Waals surface area (Å²) in [5.41, 5.74) is -0.139. The van der Waals surface area contributed by atoms with Gasteiger partial charge in [-0.05, 0) is 37.3 Å². The minimum Gasteiger partial charge on any atom is -0.324 e. The standard InChI is InChI=1S/C18H23N3O3S/c1-25-14-8-6-7-13(11-14)19-15(22)12-21-16(23)18(20-17(21)24)9-4-2-3-5-10-18/h6-8,11H,2-5,9-10,12H2,1H3,(H,19,22)(H,20,24). The first-order valence-corrected chi connectivity index (χ1v) is 9.84. The summed E-state index contributed by atoms with van der Waals surface area (Å²) < 4.78 is 0. The van der Waals surface area contributed by atoms with Gasteiger partial charge in [0, 0.05) is 10.6 Å². The summed E-state index contributed by atoms with van der Waals surface area (Å²) in [6.07, 6.45) is 7.28. The lowest BCUT2D eigenvalue weighted by molar-refractivity contribution is -0.134. The van der Waals surface area contributed by atoms with Crippen LogP contribution >= 0.6 is 11.8 Å².